The van der Waals surface area contributed by atoms with Crippen LogP contribution in [0.15, 0.2) is 41.0 Å². The van der Waals surface area contributed by atoms with Gasteiger partial charge in [-0.15, -0.1) is 0 Å². The Labute approximate surface area is 107 Å². The third-order valence-corrected chi connectivity index (χ3v) is 3.48. The van der Waals surface area contributed by atoms with Gasteiger partial charge in [0.05, 0.1) is 12.8 Å². The monoisotopic (exact) mass is 242 g/mol. The highest BCUT2D eigenvalue weighted by Gasteiger charge is 2.20. The molecule has 0 aliphatic carbocycles. The minimum atomic E-state index is 0.868. The van der Waals surface area contributed by atoms with Gasteiger partial charge in [-0.2, -0.15) is 0 Å². The summed E-state index contributed by atoms with van der Waals surface area (Å²) in [6, 6.07) is 10.7. The van der Waals surface area contributed by atoms with Crippen LogP contribution in [0, 0.1) is 0 Å². The summed E-state index contributed by atoms with van der Waals surface area (Å²) in [5.41, 5.74) is 4.15. The number of hydrogen-bond acceptors (Lipinski definition) is 3. The first-order chi connectivity index (χ1) is 8.86. The van der Waals surface area contributed by atoms with Crippen molar-refractivity contribution in [2.45, 2.75) is 26.2 Å². The highest BCUT2D eigenvalue weighted by atomic mass is 16.3. The van der Waals surface area contributed by atoms with Crippen molar-refractivity contribution < 1.29 is 4.42 Å². The number of nitrogens with one attached hydrogen (secondary N) is 1. The number of fused-ring (bicyclic) bond motifs is 1. The molecule has 0 atom stereocenters. The van der Waals surface area contributed by atoms with Crippen LogP contribution in [0.5, 0.6) is 0 Å². The average molecular weight is 242 g/mol. The third kappa shape index (κ3) is 2.19. The minimum absolute atomic E-state index is 0.868. The van der Waals surface area contributed by atoms with Crippen LogP contribution in [0.25, 0.3) is 0 Å². The van der Waals surface area contributed by atoms with Crippen LogP contribution in [0.2, 0.25) is 0 Å². The van der Waals surface area contributed by atoms with Gasteiger partial charge in [-0.05, 0) is 24.2 Å². The molecule has 0 saturated heterocycles. The molecule has 18 heavy (non-hydrogen) atoms. The molecule has 1 aromatic carbocycles. The normalized spacial score (nSPS) is 14.9. The lowest BCUT2D eigenvalue weighted by Gasteiger charge is -2.14. The van der Waals surface area contributed by atoms with E-state index in [-0.39, 0.29) is 0 Å². The molecule has 0 bridgehead atoms. The van der Waals surface area contributed by atoms with Crippen LogP contribution < -0.4 is 5.32 Å². The minimum Gasteiger partial charge on any atom is -0.468 e. The maximum absolute atomic E-state index is 5.60. The second-order valence-electron chi connectivity index (χ2n) is 4.81. The smallest absolute Gasteiger partial charge is 0.122 e. The first-order valence-electron chi connectivity index (χ1n) is 6.36. The largest absolute Gasteiger partial charge is 0.468 e. The molecule has 2 heterocycles. The standard InChI is InChI=1S/C15H18N2O/c1-16-8-12-6-7-18-15(12)11-17-9-13-4-2-3-5-14(13)10-17/h2-7,16H,8-11H2,1H3. The molecule has 1 N–H and O–H groups in total. The van der Waals surface area contributed by atoms with Gasteiger partial charge in [-0.1, -0.05) is 24.3 Å². The van der Waals surface area contributed by atoms with Gasteiger partial charge in [-0.25, -0.2) is 0 Å². The van der Waals surface area contributed by atoms with Crippen LogP contribution in [-0.4, -0.2) is 11.9 Å². The van der Waals surface area contributed by atoms with E-state index in [9.17, 15) is 0 Å². The van der Waals surface area contributed by atoms with Gasteiger partial charge in [0, 0.05) is 25.2 Å². The number of furan rings is 1. The van der Waals surface area contributed by atoms with Crippen molar-refractivity contribution in [3.63, 3.8) is 0 Å². The summed E-state index contributed by atoms with van der Waals surface area (Å²) in [6.45, 7) is 3.80. The van der Waals surface area contributed by atoms with E-state index in [1.807, 2.05) is 7.05 Å². The number of rotatable bonds is 4. The summed E-state index contributed by atoms with van der Waals surface area (Å²) in [6.07, 6.45) is 1.78. The molecule has 3 nitrogen and oxygen atoms in total. The fourth-order valence-corrected chi connectivity index (χ4v) is 2.57. The lowest BCUT2D eigenvalue weighted by Crippen LogP contribution is -2.17. The average Bonchev–Trinajstić information content (AvgIpc) is 2.97. The zero-order valence-electron chi connectivity index (χ0n) is 10.6. The highest BCUT2D eigenvalue weighted by Crippen LogP contribution is 2.25. The predicted octanol–water partition coefficient (Wildman–Crippen LogP) is 2.51. The molecule has 2 aromatic rings. The van der Waals surface area contributed by atoms with Gasteiger partial charge >= 0.3 is 0 Å². The quantitative estimate of drug-likeness (QED) is 0.893. The molecular weight excluding hydrogens is 224 g/mol. The molecule has 0 amide bonds. The first-order valence-corrected chi connectivity index (χ1v) is 6.36. The summed E-state index contributed by atoms with van der Waals surface area (Å²) in [5, 5.41) is 3.17. The van der Waals surface area contributed by atoms with Crippen LogP contribution in [-0.2, 0) is 26.2 Å². The predicted molar refractivity (Wildman–Crippen MR) is 70.9 cm³/mol. The molecule has 0 radical (unpaired) electrons. The number of nitrogens with zero attached hydrogens (tertiary/aromatic N) is 1. The second-order valence-corrected chi connectivity index (χ2v) is 4.81. The fraction of sp³-hybridized carbons (Fsp3) is 0.333. The third-order valence-electron chi connectivity index (χ3n) is 3.48. The Morgan fingerprint density at radius 1 is 1.17 bits per heavy atom. The molecule has 3 heteroatoms. The number of benzene rings is 1. The maximum atomic E-state index is 5.60. The Balaban J connectivity index is 1.70. The Kier molecular flexibility index (Phi) is 3.17. The molecule has 94 valence electrons. The van der Waals surface area contributed by atoms with E-state index in [1.165, 1.54) is 16.7 Å². The van der Waals surface area contributed by atoms with Gasteiger partial charge in [0.15, 0.2) is 0 Å². The van der Waals surface area contributed by atoms with Gasteiger partial charge in [0.2, 0.25) is 0 Å². The highest BCUT2D eigenvalue weighted by molar-refractivity contribution is 5.30. The van der Waals surface area contributed by atoms with E-state index in [0.29, 0.717) is 0 Å². The Morgan fingerprint density at radius 2 is 1.89 bits per heavy atom. The Morgan fingerprint density at radius 3 is 2.56 bits per heavy atom. The van der Waals surface area contributed by atoms with E-state index in [1.54, 1.807) is 6.26 Å². The Bertz CT molecular complexity index is 508. The second kappa shape index (κ2) is 4.96. The molecule has 1 aliphatic rings. The topological polar surface area (TPSA) is 28.4 Å². The first kappa shape index (κ1) is 11.5. The van der Waals surface area contributed by atoms with Crippen molar-refractivity contribution in [3.8, 4) is 0 Å². The SMILES string of the molecule is CNCc1ccoc1CN1Cc2ccccc2C1. The number of hydrogen-bond donors (Lipinski definition) is 1. The lowest BCUT2D eigenvalue weighted by atomic mass is 10.1. The van der Waals surface area contributed by atoms with Crippen LogP contribution >= 0.6 is 0 Å². The Hall–Kier alpha value is -1.58. The van der Waals surface area contributed by atoms with E-state index in [0.717, 1.165) is 31.9 Å². The van der Waals surface area contributed by atoms with Crippen molar-refractivity contribution in [2.24, 2.45) is 0 Å². The van der Waals surface area contributed by atoms with E-state index in [2.05, 4.69) is 40.5 Å². The molecule has 0 unspecified atom stereocenters. The van der Waals surface area contributed by atoms with Crippen molar-refractivity contribution in [1.29, 1.82) is 0 Å². The molecule has 0 fully saturated rings. The molecule has 3 rings (SSSR count). The lowest BCUT2D eigenvalue weighted by molar-refractivity contribution is 0.249. The molecule has 1 aromatic heterocycles. The van der Waals surface area contributed by atoms with E-state index in [4.69, 9.17) is 4.42 Å². The fourth-order valence-electron chi connectivity index (χ4n) is 2.57. The summed E-state index contributed by atoms with van der Waals surface area (Å²) >= 11 is 0. The summed E-state index contributed by atoms with van der Waals surface area (Å²) in [5.74, 6) is 1.08. The van der Waals surface area contributed by atoms with Gasteiger partial charge in [0.25, 0.3) is 0 Å². The van der Waals surface area contributed by atoms with Crippen molar-refractivity contribution >= 4 is 0 Å². The van der Waals surface area contributed by atoms with Crippen LogP contribution in [0.1, 0.15) is 22.5 Å². The van der Waals surface area contributed by atoms with Crippen LogP contribution in [0.3, 0.4) is 0 Å². The van der Waals surface area contributed by atoms with Crippen molar-refractivity contribution in [3.05, 3.63) is 59.0 Å². The van der Waals surface area contributed by atoms with Gasteiger partial charge < -0.3 is 9.73 Å². The molecule has 1 aliphatic heterocycles. The molecule has 0 spiro atoms. The van der Waals surface area contributed by atoms with Crippen molar-refractivity contribution in [2.75, 3.05) is 7.05 Å². The molecular formula is C15H18N2O. The van der Waals surface area contributed by atoms with Crippen molar-refractivity contribution in [1.82, 2.24) is 10.2 Å². The summed E-state index contributed by atoms with van der Waals surface area (Å²) in [7, 11) is 1.96. The van der Waals surface area contributed by atoms with Gasteiger partial charge in [-0.3, -0.25) is 4.90 Å². The summed E-state index contributed by atoms with van der Waals surface area (Å²) < 4.78 is 5.60. The zero-order valence-corrected chi connectivity index (χ0v) is 10.6. The van der Waals surface area contributed by atoms with E-state index < -0.39 is 0 Å². The maximum Gasteiger partial charge on any atom is 0.122 e. The van der Waals surface area contributed by atoms with E-state index >= 15 is 0 Å². The van der Waals surface area contributed by atoms with Crippen LogP contribution in [0.4, 0.5) is 0 Å². The molecule has 0 saturated carbocycles. The van der Waals surface area contributed by atoms with Gasteiger partial charge in [0.1, 0.15) is 5.76 Å². The summed E-state index contributed by atoms with van der Waals surface area (Å²) in [4.78, 5) is 2.42. The zero-order chi connectivity index (χ0) is 12.4.